The topological polar surface area (TPSA) is 76.1 Å². The molecule has 0 bridgehead atoms. The predicted octanol–water partition coefficient (Wildman–Crippen LogP) is 1.79. The predicted molar refractivity (Wildman–Crippen MR) is 70.0 cm³/mol. The van der Waals surface area contributed by atoms with Crippen molar-refractivity contribution < 1.29 is 22.0 Å². The molecule has 0 saturated heterocycles. The highest BCUT2D eigenvalue weighted by Crippen LogP contribution is 2.19. The summed E-state index contributed by atoms with van der Waals surface area (Å²) in [5.74, 6) is -3.06. The lowest BCUT2D eigenvalue weighted by Crippen LogP contribution is -2.31. The number of carbonyl (C=O) groups is 1. The molecule has 1 aromatic carbocycles. The summed E-state index contributed by atoms with van der Waals surface area (Å²) in [6, 6.07) is 5.59. The molecule has 0 aliphatic rings. The van der Waals surface area contributed by atoms with Gasteiger partial charge in [-0.1, -0.05) is 6.07 Å². The van der Waals surface area contributed by atoms with Crippen molar-refractivity contribution in [2.45, 2.75) is 11.8 Å². The molecule has 0 aliphatic carbocycles. The van der Waals surface area contributed by atoms with Crippen LogP contribution < -0.4 is 4.72 Å². The van der Waals surface area contributed by atoms with E-state index in [2.05, 4.69) is 4.98 Å². The second-order valence-corrected chi connectivity index (χ2v) is 5.83. The molecule has 8 heteroatoms. The number of aryl methyl sites for hydroxylation is 1. The molecule has 1 heterocycles. The molecule has 110 valence electrons. The summed E-state index contributed by atoms with van der Waals surface area (Å²) < 4.78 is 52.6. The molecule has 0 radical (unpaired) electrons. The van der Waals surface area contributed by atoms with Gasteiger partial charge in [0.2, 0.25) is 0 Å². The Kier molecular flexibility index (Phi) is 3.99. The van der Waals surface area contributed by atoms with Crippen LogP contribution in [-0.4, -0.2) is 19.3 Å². The average molecular weight is 312 g/mol. The molecule has 0 fully saturated rings. The van der Waals surface area contributed by atoms with Gasteiger partial charge in [-0.25, -0.2) is 21.9 Å². The van der Waals surface area contributed by atoms with Crippen LogP contribution in [0.5, 0.6) is 0 Å². The van der Waals surface area contributed by atoms with E-state index in [9.17, 15) is 22.0 Å². The summed E-state index contributed by atoms with van der Waals surface area (Å²) in [7, 11) is -4.53. The van der Waals surface area contributed by atoms with E-state index in [0.29, 0.717) is 6.07 Å². The van der Waals surface area contributed by atoms with Gasteiger partial charge in [0.1, 0.15) is 22.2 Å². The van der Waals surface area contributed by atoms with Gasteiger partial charge < -0.3 is 0 Å². The molecule has 2 rings (SSSR count). The number of pyridine rings is 1. The molecule has 1 N–H and O–H groups in total. The molecule has 1 amide bonds. The summed E-state index contributed by atoms with van der Waals surface area (Å²) in [5, 5.41) is 0. The monoisotopic (exact) mass is 312 g/mol. The average Bonchev–Trinajstić information content (AvgIpc) is 2.43. The van der Waals surface area contributed by atoms with Gasteiger partial charge in [-0.15, -0.1) is 0 Å². The number of hydrogen-bond acceptors (Lipinski definition) is 4. The van der Waals surface area contributed by atoms with E-state index >= 15 is 0 Å². The van der Waals surface area contributed by atoms with Crippen molar-refractivity contribution in [2.75, 3.05) is 0 Å². The van der Waals surface area contributed by atoms with Gasteiger partial charge in [-0.2, -0.15) is 0 Å². The molecule has 1 aromatic heterocycles. The zero-order chi connectivity index (χ0) is 15.6. The quantitative estimate of drug-likeness (QED) is 0.937. The molecule has 0 aliphatic heterocycles. The van der Waals surface area contributed by atoms with Gasteiger partial charge in [-0.05, 0) is 36.8 Å². The van der Waals surface area contributed by atoms with E-state index in [1.807, 2.05) is 0 Å². The number of hydrogen-bond donors (Lipinski definition) is 1. The Labute approximate surface area is 119 Å². The van der Waals surface area contributed by atoms with E-state index in [1.165, 1.54) is 25.3 Å². The van der Waals surface area contributed by atoms with Crippen molar-refractivity contribution in [3.05, 3.63) is 59.4 Å². The summed E-state index contributed by atoms with van der Waals surface area (Å²) in [5.41, 5.74) is -0.198. The van der Waals surface area contributed by atoms with Crippen LogP contribution in [0.15, 0.2) is 41.4 Å². The van der Waals surface area contributed by atoms with Gasteiger partial charge in [-0.3, -0.25) is 9.78 Å². The molecular weight excluding hydrogens is 302 g/mol. The second-order valence-electron chi connectivity index (χ2n) is 4.18. The van der Waals surface area contributed by atoms with Crippen LogP contribution in [0.25, 0.3) is 0 Å². The zero-order valence-corrected chi connectivity index (χ0v) is 11.6. The van der Waals surface area contributed by atoms with Gasteiger partial charge in [0.25, 0.3) is 15.9 Å². The van der Waals surface area contributed by atoms with Crippen molar-refractivity contribution >= 4 is 15.9 Å². The number of halogens is 2. The third-order valence-corrected chi connectivity index (χ3v) is 3.97. The highest BCUT2D eigenvalue weighted by atomic mass is 32.2. The second kappa shape index (κ2) is 5.57. The number of amides is 1. The van der Waals surface area contributed by atoms with Gasteiger partial charge in [0, 0.05) is 6.20 Å². The number of nitrogens with one attached hydrogen (secondary N) is 1. The van der Waals surface area contributed by atoms with E-state index in [-0.39, 0.29) is 11.3 Å². The fraction of sp³-hybridized carbons (Fsp3) is 0.0769. The normalized spacial score (nSPS) is 11.2. The maximum atomic E-state index is 13.7. The maximum absolute atomic E-state index is 13.7. The number of benzene rings is 1. The van der Waals surface area contributed by atoms with E-state index in [4.69, 9.17) is 0 Å². The molecule has 0 atom stereocenters. The minimum absolute atomic E-state index is 0.0393. The SMILES string of the molecule is Cc1cc(F)c(S(=O)(=O)NC(=O)c2ccccn2)cc1F. The van der Waals surface area contributed by atoms with Crippen LogP contribution in [-0.2, 0) is 10.0 Å². The highest BCUT2D eigenvalue weighted by Gasteiger charge is 2.24. The Balaban J connectivity index is 2.36. The third-order valence-electron chi connectivity index (χ3n) is 2.63. The molecular formula is C13H10F2N2O3S. The number of nitrogens with zero attached hydrogens (tertiary/aromatic N) is 1. The zero-order valence-electron chi connectivity index (χ0n) is 10.8. The number of aromatic nitrogens is 1. The lowest BCUT2D eigenvalue weighted by molar-refractivity contribution is 0.0976. The first-order valence-corrected chi connectivity index (χ1v) is 7.23. The maximum Gasteiger partial charge on any atom is 0.283 e. The highest BCUT2D eigenvalue weighted by molar-refractivity contribution is 7.90. The minimum Gasteiger partial charge on any atom is -0.266 e. The fourth-order valence-electron chi connectivity index (χ4n) is 1.56. The van der Waals surface area contributed by atoms with E-state index < -0.39 is 32.5 Å². The number of rotatable bonds is 3. The van der Waals surface area contributed by atoms with Crippen LogP contribution in [0.4, 0.5) is 8.78 Å². The molecule has 5 nitrogen and oxygen atoms in total. The van der Waals surface area contributed by atoms with Crippen molar-refractivity contribution in [1.29, 1.82) is 0 Å². The summed E-state index contributed by atoms with van der Waals surface area (Å²) >= 11 is 0. The summed E-state index contributed by atoms with van der Waals surface area (Å²) in [6.07, 6.45) is 1.30. The Bertz CT molecular complexity index is 793. The largest absolute Gasteiger partial charge is 0.283 e. The van der Waals surface area contributed by atoms with Crippen molar-refractivity contribution in [1.82, 2.24) is 9.71 Å². The molecule has 0 unspecified atom stereocenters. The van der Waals surface area contributed by atoms with Crippen molar-refractivity contribution in [3.63, 3.8) is 0 Å². The molecule has 0 saturated carbocycles. The van der Waals surface area contributed by atoms with Crippen LogP contribution in [0.1, 0.15) is 16.1 Å². The lowest BCUT2D eigenvalue weighted by Gasteiger charge is -2.08. The van der Waals surface area contributed by atoms with Gasteiger partial charge in [0.05, 0.1) is 0 Å². The number of sulfonamides is 1. The van der Waals surface area contributed by atoms with Crippen molar-refractivity contribution in [2.24, 2.45) is 0 Å². The van der Waals surface area contributed by atoms with E-state index in [0.717, 1.165) is 6.07 Å². The first-order valence-electron chi connectivity index (χ1n) is 5.75. The van der Waals surface area contributed by atoms with Crippen LogP contribution in [0, 0.1) is 18.6 Å². The first kappa shape index (κ1) is 15.0. The smallest absolute Gasteiger partial charge is 0.266 e. The van der Waals surface area contributed by atoms with Gasteiger partial charge in [0.15, 0.2) is 0 Å². The Morgan fingerprint density at radius 2 is 1.90 bits per heavy atom. The van der Waals surface area contributed by atoms with Crippen LogP contribution >= 0.6 is 0 Å². The Hall–Kier alpha value is -2.35. The summed E-state index contributed by atoms with van der Waals surface area (Å²) in [4.78, 5) is 14.5. The van der Waals surface area contributed by atoms with Crippen molar-refractivity contribution in [3.8, 4) is 0 Å². The Morgan fingerprint density at radius 1 is 1.19 bits per heavy atom. The van der Waals surface area contributed by atoms with Crippen LogP contribution in [0.2, 0.25) is 0 Å². The number of carbonyl (C=O) groups excluding carboxylic acids is 1. The molecule has 21 heavy (non-hydrogen) atoms. The minimum atomic E-state index is -4.53. The lowest BCUT2D eigenvalue weighted by atomic mass is 10.2. The van der Waals surface area contributed by atoms with E-state index in [1.54, 1.807) is 10.8 Å². The standard InChI is InChI=1S/C13H10F2N2O3S/c1-8-6-10(15)12(7-9(8)14)21(19,20)17-13(18)11-4-2-3-5-16-11/h2-7H,1H3,(H,17,18). The third kappa shape index (κ3) is 3.22. The first-order chi connectivity index (χ1) is 9.81. The van der Waals surface area contributed by atoms with Crippen LogP contribution in [0.3, 0.4) is 0 Å². The van der Waals surface area contributed by atoms with Gasteiger partial charge >= 0.3 is 0 Å². The molecule has 2 aromatic rings. The fourth-order valence-corrected chi connectivity index (χ4v) is 2.59. The molecule has 0 spiro atoms. The summed E-state index contributed by atoms with van der Waals surface area (Å²) in [6.45, 7) is 1.29. The Morgan fingerprint density at radius 3 is 2.52 bits per heavy atom.